The lowest BCUT2D eigenvalue weighted by Crippen LogP contribution is -2.21. The van der Waals surface area contributed by atoms with Crippen molar-refractivity contribution in [3.63, 3.8) is 0 Å². The Labute approximate surface area is 135 Å². The van der Waals surface area contributed by atoms with Crippen LogP contribution in [0.25, 0.3) is 0 Å². The molecule has 0 bridgehead atoms. The minimum Gasteiger partial charge on any atom is -0.272 e. The Balaban J connectivity index is 1.68. The number of nitrogens with zero attached hydrogens (tertiary/aromatic N) is 1. The first-order valence-electron chi connectivity index (χ1n) is 7.40. The highest BCUT2D eigenvalue weighted by molar-refractivity contribution is 7.99. The molecule has 21 heavy (non-hydrogen) atoms. The van der Waals surface area contributed by atoms with Crippen LogP contribution in [0, 0.1) is 0 Å². The number of thioether (sulfide) groups is 1. The molecule has 0 unspecified atom stereocenters. The molecule has 0 radical (unpaired) electrons. The van der Waals surface area contributed by atoms with Gasteiger partial charge in [-0.05, 0) is 43.4 Å². The van der Waals surface area contributed by atoms with Crippen molar-refractivity contribution in [2.24, 2.45) is 5.10 Å². The first-order chi connectivity index (χ1) is 10.2. The Hall–Kier alpha value is -1.00. The van der Waals surface area contributed by atoms with Gasteiger partial charge in [0, 0.05) is 16.5 Å². The Kier molecular flexibility index (Phi) is 7.10. The maximum atomic E-state index is 11.8. The molecule has 1 saturated carbocycles. The van der Waals surface area contributed by atoms with Gasteiger partial charge in [0.25, 0.3) is 0 Å². The number of amides is 1. The molecule has 1 amide bonds. The van der Waals surface area contributed by atoms with E-state index in [2.05, 4.69) is 10.5 Å². The van der Waals surface area contributed by atoms with Gasteiger partial charge in [-0.3, -0.25) is 4.79 Å². The molecule has 5 heteroatoms. The number of benzene rings is 1. The maximum Gasteiger partial charge on any atom is 0.250 e. The third-order valence-electron chi connectivity index (χ3n) is 3.41. The zero-order valence-electron chi connectivity index (χ0n) is 12.1. The zero-order valence-corrected chi connectivity index (χ0v) is 13.7. The molecule has 1 aliphatic rings. The summed E-state index contributed by atoms with van der Waals surface area (Å²) in [5.41, 5.74) is 4.95. The van der Waals surface area contributed by atoms with Crippen molar-refractivity contribution in [2.45, 2.75) is 44.3 Å². The maximum absolute atomic E-state index is 11.8. The lowest BCUT2D eigenvalue weighted by molar-refractivity contribution is -0.118. The summed E-state index contributed by atoms with van der Waals surface area (Å²) in [6.45, 7) is 0. The fourth-order valence-corrected chi connectivity index (χ4v) is 3.29. The van der Waals surface area contributed by atoms with E-state index >= 15 is 0 Å². The van der Waals surface area contributed by atoms with Gasteiger partial charge in [0.2, 0.25) is 5.91 Å². The van der Waals surface area contributed by atoms with Crippen molar-refractivity contribution in [2.75, 3.05) is 5.75 Å². The van der Waals surface area contributed by atoms with Gasteiger partial charge in [0.15, 0.2) is 0 Å². The van der Waals surface area contributed by atoms with Crippen molar-refractivity contribution in [3.8, 4) is 0 Å². The van der Waals surface area contributed by atoms with Gasteiger partial charge in [-0.15, -0.1) is 11.8 Å². The molecule has 0 atom stereocenters. The molecule has 0 saturated heterocycles. The summed E-state index contributed by atoms with van der Waals surface area (Å²) < 4.78 is 0. The van der Waals surface area contributed by atoms with E-state index < -0.39 is 0 Å². The van der Waals surface area contributed by atoms with Crippen LogP contribution in [0.5, 0.6) is 0 Å². The van der Waals surface area contributed by atoms with Crippen molar-refractivity contribution < 1.29 is 4.79 Å². The lowest BCUT2D eigenvalue weighted by atomic mass is 10.2. The molecule has 1 aromatic rings. The van der Waals surface area contributed by atoms with E-state index in [4.69, 9.17) is 11.6 Å². The van der Waals surface area contributed by atoms with Crippen LogP contribution in [0.15, 0.2) is 29.4 Å². The Morgan fingerprint density at radius 3 is 2.71 bits per heavy atom. The van der Waals surface area contributed by atoms with Crippen LogP contribution >= 0.6 is 23.4 Å². The number of nitrogens with one attached hydrogen (secondary N) is 1. The van der Waals surface area contributed by atoms with E-state index in [0.29, 0.717) is 5.75 Å². The number of hydrazone groups is 1. The van der Waals surface area contributed by atoms with E-state index in [1.165, 1.54) is 25.7 Å². The summed E-state index contributed by atoms with van der Waals surface area (Å²) in [6.07, 6.45) is 6.99. The van der Waals surface area contributed by atoms with Gasteiger partial charge >= 0.3 is 0 Å². The molecule has 3 nitrogen and oxygen atoms in total. The Morgan fingerprint density at radius 1 is 1.24 bits per heavy atom. The molecule has 114 valence electrons. The fourth-order valence-electron chi connectivity index (χ4n) is 2.31. The molecular weight excluding hydrogens is 304 g/mol. The van der Waals surface area contributed by atoms with Gasteiger partial charge in [-0.1, -0.05) is 36.6 Å². The summed E-state index contributed by atoms with van der Waals surface area (Å²) in [5, 5.41) is 5.00. The van der Waals surface area contributed by atoms with E-state index in [9.17, 15) is 4.79 Å². The standard InChI is InChI=1S/C16H21ClN2OS/c17-14-7-5-6-13(10-14)11-21-12-16(20)19-18-15-8-3-1-2-4-9-15/h5-7,10H,1-4,8-9,11-12H2,(H,19,20). The molecular formula is C16H21ClN2OS. The summed E-state index contributed by atoms with van der Waals surface area (Å²) in [6, 6.07) is 7.72. The first-order valence-corrected chi connectivity index (χ1v) is 8.94. The summed E-state index contributed by atoms with van der Waals surface area (Å²) in [7, 11) is 0. The number of hydrogen-bond acceptors (Lipinski definition) is 3. The van der Waals surface area contributed by atoms with Crippen LogP contribution in [-0.2, 0) is 10.5 Å². The third kappa shape index (κ3) is 6.53. The largest absolute Gasteiger partial charge is 0.272 e. The average Bonchev–Trinajstić information content (AvgIpc) is 2.74. The predicted octanol–water partition coefficient (Wildman–Crippen LogP) is 4.40. The third-order valence-corrected chi connectivity index (χ3v) is 4.65. The number of rotatable bonds is 5. The van der Waals surface area contributed by atoms with Crippen LogP contribution in [-0.4, -0.2) is 17.4 Å². The zero-order chi connectivity index (χ0) is 14.9. The SMILES string of the molecule is O=C(CSCc1cccc(Cl)c1)NN=C1CCCCCC1. The quantitative estimate of drug-likeness (QED) is 0.644. The van der Waals surface area contributed by atoms with E-state index in [0.717, 1.165) is 34.9 Å². The summed E-state index contributed by atoms with van der Waals surface area (Å²) in [4.78, 5) is 11.8. The molecule has 1 N–H and O–H groups in total. The lowest BCUT2D eigenvalue weighted by Gasteiger charge is -2.04. The van der Waals surface area contributed by atoms with Crippen molar-refractivity contribution >= 4 is 35.0 Å². The van der Waals surface area contributed by atoms with Gasteiger partial charge in [0.1, 0.15) is 0 Å². The smallest absolute Gasteiger partial charge is 0.250 e. The van der Waals surface area contributed by atoms with E-state index in [1.54, 1.807) is 11.8 Å². The normalized spacial score (nSPS) is 15.4. The first kappa shape index (κ1) is 16.4. The van der Waals surface area contributed by atoms with Crippen LogP contribution in [0.4, 0.5) is 0 Å². The molecule has 0 spiro atoms. The highest BCUT2D eigenvalue weighted by Gasteiger charge is 2.07. The number of carbonyl (C=O) groups is 1. The van der Waals surface area contributed by atoms with Crippen molar-refractivity contribution in [1.29, 1.82) is 0 Å². The van der Waals surface area contributed by atoms with Gasteiger partial charge in [0.05, 0.1) is 5.75 Å². The van der Waals surface area contributed by atoms with Gasteiger partial charge in [-0.25, -0.2) is 5.43 Å². The Bertz CT molecular complexity index is 495. The molecule has 0 aliphatic heterocycles. The molecule has 1 aromatic carbocycles. The second kappa shape index (κ2) is 9.11. The minimum absolute atomic E-state index is 0.0289. The minimum atomic E-state index is -0.0289. The van der Waals surface area contributed by atoms with Crippen molar-refractivity contribution in [3.05, 3.63) is 34.9 Å². The van der Waals surface area contributed by atoms with E-state index in [1.807, 2.05) is 24.3 Å². The Morgan fingerprint density at radius 2 is 2.00 bits per heavy atom. The molecule has 0 heterocycles. The summed E-state index contributed by atoms with van der Waals surface area (Å²) in [5.74, 6) is 1.17. The number of hydrogen-bond donors (Lipinski definition) is 1. The summed E-state index contributed by atoms with van der Waals surface area (Å²) >= 11 is 7.50. The molecule has 1 aliphatic carbocycles. The van der Waals surface area contributed by atoms with Gasteiger partial charge in [-0.2, -0.15) is 5.10 Å². The van der Waals surface area contributed by atoms with Crippen molar-refractivity contribution in [1.82, 2.24) is 5.43 Å². The van der Waals surface area contributed by atoms with Crippen LogP contribution in [0.1, 0.15) is 44.1 Å². The molecule has 0 aromatic heterocycles. The highest BCUT2D eigenvalue weighted by Crippen LogP contribution is 2.17. The van der Waals surface area contributed by atoms with Crippen LogP contribution in [0.2, 0.25) is 5.02 Å². The van der Waals surface area contributed by atoms with Gasteiger partial charge < -0.3 is 0 Å². The number of halogens is 1. The molecule has 2 rings (SSSR count). The predicted molar refractivity (Wildman–Crippen MR) is 90.9 cm³/mol. The van der Waals surface area contributed by atoms with E-state index in [-0.39, 0.29) is 5.91 Å². The monoisotopic (exact) mass is 324 g/mol. The number of carbonyl (C=O) groups excluding carboxylic acids is 1. The van der Waals surface area contributed by atoms with Crippen LogP contribution < -0.4 is 5.43 Å². The topological polar surface area (TPSA) is 41.5 Å². The second-order valence-corrected chi connectivity index (χ2v) is 6.67. The average molecular weight is 325 g/mol. The highest BCUT2D eigenvalue weighted by atomic mass is 35.5. The molecule has 1 fully saturated rings. The second-order valence-electron chi connectivity index (χ2n) is 5.25. The van der Waals surface area contributed by atoms with Crippen LogP contribution in [0.3, 0.4) is 0 Å². The fraction of sp³-hybridized carbons (Fsp3) is 0.500.